The molecule has 0 spiro atoms. The van der Waals surface area contributed by atoms with Crippen LogP contribution >= 0.6 is 0 Å². The van der Waals surface area contributed by atoms with E-state index in [0.717, 1.165) is 33.7 Å². The Morgan fingerprint density at radius 2 is 1.63 bits per heavy atom. The number of H-pyrrole nitrogens is 1. The molecule has 0 radical (unpaired) electrons. The van der Waals surface area contributed by atoms with Crippen molar-refractivity contribution in [3.8, 4) is 28.5 Å². The molecule has 0 fully saturated rings. The summed E-state index contributed by atoms with van der Waals surface area (Å²) in [5.74, 6) is 2.11. The SMILES string of the molecule is CCOc1ccc(C2c3c(-c4ccc(C)cc4)n[nH]c3C(=O)N2CCc2ccc(OC)cc2)cc1OCC. The Morgan fingerprint density at radius 1 is 0.921 bits per heavy atom. The van der Waals surface area contributed by atoms with Crippen LogP contribution in [0, 0.1) is 6.92 Å². The number of fused-ring (bicyclic) bond motifs is 1. The number of carbonyl (C=O) groups is 1. The van der Waals surface area contributed by atoms with Gasteiger partial charge in [0.2, 0.25) is 0 Å². The van der Waals surface area contributed by atoms with Crippen molar-refractivity contribution in [3.63, 3.8) is 0 Å². The maximum Gasteiger partial charge on any atom is 0.273 e. The van der Waals surface area contributed by atoms with E-state index in [1.165, 1.54) is 5.56 Å². The van der Waals surface area contributed by atoms with Gasteiger partial charge >= 0.3 is 0 Å². The molecular formula is C31H33N3O4. The largest absolute Gasteiger partial charge is 0.497 e. The van der Waals surface area contributed by atoms with Crippen LogP contribution in [0.1, 0.15) is 52.6 Å². The van der Waals surface area contributed by atoms with Gasteiger partial charge in [0.05, 0.1) is 32.1 Å². The van der Waals surface area contributed by atoms with Crippen molar-refractivity contribution >= 4 is 5.91 Å². The molecule has 1 aliphatic rings. The molecular weight excluding hydrogens is 478 g/mol. The molecule has 2 heterocycles. The van der Waals surface area contributed by atoms with Crippen molar-refractivity contribution in [2.24, 2.45) is 0 Å². The number of hydrogen-bond donors (Lipinski definition) is 1. The maximum atomic E-state index is 13.8. The number of carbonyl (C=O) groups excluding carboxylic acids is 1. The molecule has 1 N–H and O–H groups in total. The van der Waals surface area contributed by atoms with Gasteiger partial charge in [-0.15, -0.1) is 0 Å². The quantitative estimate of drug-likeness (QED) is 0.284. The lowest BCUT2D eigenvalue weighted by Gasteiger charge is -2.27. The zero-order valence-electron chi connectivity index (χ0n) is 22.3. The van der Waals surface area contributed by atoms with Crippen LogP contribution < -0.4 is 14.2 Å². The lowest BCUT2D eigenvalue weighted by Crippen LogP contribution is -2.31. The van der Waals surface area contributed by atoms with Crippen LogP contribution in [-0.2, 0) is 6.42 Å². The number of amides is 1. The Hall–Kier alpha value is -4.26. The van der Waals surface area contributed by atoms with Crippen LogP contribution in [0.3, 0.4) is 0 Å². The van der Waals surface area contributed by atoms with Crippen molar-refractivity contribution in [2.75, 3.05) is 26.9 Å². The van der Waals surface area contributed by atoms with Gasteiger partial charge in [-0.1, -0.05) is 48.0 Å². The van der Waals surface area contributed by atoms with Gasteiger partial charge < -0.3 is 19.1 Å². The average Bonchev–Trinajstić information content (AvgIpc) is 3.48. The number of aromatic nitrogens is 2. The second kappa shape index (κ2) is 11.0. The molecule has 0 bridgehead atoms. The Kier molecular flexibility index (Phi) is 7.36. The third-order valence-corrected chi connectivity index (χ3v) is 6.87. The average molecular weight is 512 g/mol. The summed E-state index contributed by atoms with van der Waals surface area (Å²) >= 11 is 0. The van der Waals surface area contributed by atoms with Gasteiger partial charge in [-0.2, -0.15) is 5.10 Å². The summed E-state index contributed by atoms with van der Waals surface area (Å²) in [6.45, 7) is 7.56. The fourth-order valence-electron chi connectivity index (χ4n) is 4.98. The predicted octanol–water partition coefficient (Wildman–Crippen LogP) is 5.98. The molecule has 3 aromatic carbocycles. The molecule has 196 valence electrons. The van der Waals surface area contributed by atoms with Gasteiger partial charge in [0.25, 0.3) is 5.91 Å². The standard InChI is InChI=1S/C31H33N3O4/c1-5-37-25-16-13-23(19-26(25)38-6-2)30-27-28(22-11-7-20(3)8-12-22)32-33-29(27)31(35)34(30)18-17-21-9-14-24(36-4)15-10-21/h7-16,19,30H,5-6,17-18H2,1-4H3,(H,32,33). The summed E-state index contributed by atoms with van der Waals surface area (Å²) in [6.07, 6.45) is 0.707. The van der Waals surface area contributed by atoms with Crippen molar-refractivity contribution in [2.45, 2.75) is 33.2 Å². The molecule has 1 aliphatic heterocycles. The molecule has 1 amide bonds. The number of nitrogens with one attached hydrogen (secondary N) is 1. The van der Waals surface area contributed by atoms with Crippen molar-refractivity contribution in [3.05, 3.63) is 94.7 Å². The predicted molar refractivity (Wildman–Crippen MR) is 147 cm³/mol. The lowest BCUT2D eigenvalue weighted by atomic mass is 9.95. The van der Waals surface area contributed by atoms with Crippen LogP contribution in [0.5, 0.6) is 17.2 Å². The normalized spacial score (nSPS) is 14.5. The Bertz CT molecular complexity index is 1410. The Morgan fingerprint density at radius 3 is 2.32 bits per heavy atom. The van der Waals surface area contributed by atoms with Gasteiger partial charge in [0.15, 0.2) is 11.5 Å². The van der Waals surface area contributed by atoms with Crippen LogP contribution in [0.15, 0.2) is 66.7 Å². The topological polar surface area (TPSA) is 76.7 Å². The molecule has 1 unspecified atom stereocenters. The molecule has 0 saturated carbocycles. The molecule has 1 aromatic heterocycles. The van der Waals surface area contributed by atoms with Crippen molar-refractivity contribution < 1.29 is 19.0 Å². The molecule has 5 rings (SSSR count). The number of hydrogen-bond acceptors (Lipinski definition) is 5. The van der Waals surface area contributed by atoms with Crippen LogP contribution in [0.25, 0.3) is 11.3 Å². The molecule has 1 atom stereocenters. The third kappa shape index (κ3) is 4.84. The number of rotatable bonds is 10. The summed E-state index contributed by atoms with van der Waals surface area (Å²) < 4.78 is 17.0. The minimum Gasteiger partial charge on any atom is -0.497 e. The highest BCUT2D eigenvalue weighted by atomic mass is 16.5. The fraction of sp³-hybridized carbons (Fsp3) is 0.290. The number of aryl methyl sites for hydroxylation is 1. The molecule has 0 aliphatic carbocycles. The monoisotopic (exact) mass is 511 g/mol. The number of benzene rings is 3. The smallest absolute Gasteiger partial charge is 0.273 e. The third-order valence-electron chi connectivity index (χ3n) is 6.87. The summed E-state index contributed by atoms with van der Waals surface area (Å²) in [5.41, 5.74) is 6.44. The van der Waals surface area contributed by atoms with Gasteiger partial charge in [-0.25, -0.2) is 0 Å². The second-order valence-corrected chi connectivity index (χ2v) is 9.30. The highest BCUT2D eigenvalue weighted by Gasteiger charge is 2.42. The van der Waals surface area contributed by atoms with Gasteiger partial charge in [-0.3, -0.25) is 9.89 Å². The molecule has 38 heavy (non-hydrogen) atoms. The molecule has 0 saturated heterocycles. The number of aromatic amines is 1. The maximum absolute atomic E-state index is 13.8. The van der Waals surface area contributed by atoms with Gasteiger partial charge in [0, 0.05) is 17.7 Å². The van der Waals surface area contributed by atoms with Crippen LogP contribution in [0.4, 0.5) is 0 Å². The van der Waals surface area contributed by atoms with E-state index in [1.54, 1.807) is 7.11 Å². The van der Waals surface area contributed by atoms with Crippen LogP contribution in [0.2, 0.25) is 0 Å². The number of ether oxygens (including phenoxy) is 3. The first-order valence-electron chi connectivity index (χ1n) is 13.0. The van der Waals surface area contributed by atoms with Crippen molar-refractivity contribution in [1.29, 1.82) is 0 Å². The van der Waals surface area contributed by atoms with E-state index in [0.29, 0.717) is 43.4 Å². The highest BCUT2D eigenvalue weighted by molar-refractivity contribution is 6.00. The van der Waals surface area contributed by atoms with E-state index in [1.807, 2.05) is 61.2 Å². The lowest BCUT2D eigenvalue weighted by molar-refractivity contribution is 0.0745. The Balaban J connectivity index is 1.56. The van der Waals surface area contributed by atoms with Crippen LogP contribution in [-0.4, -0.2) is 47.9 Å². The Labute approximate surface area is 223 Å². The van der Waals surface area contributed by atoms with E-state index in [4.69, 9.17) is 14.2 Å². The highest BCUT2D eigenvalue weighted by Crippen LogP contribution is 2.44. The summed E-state index contributed by atoms with van der Waals surface area (Å²) in [7, 11) is 1.66. The van der Waals surface area contributed by atoms with E-state index < -0.39 is 0 Å². The number of nitrogens with zero attached hydrogens (tertiary/aromatic N) is 2. The minimum atomic E-state index is -0.319. The summed E-state index contributed by atoms with van der Waals surface area (Å²) in [5, 5.41) is 7.65. The molecule has 7 nitrogen and oxygen atoms in total. The first kappa shape index (κ1) is 25.4. The van der Waals surface area contributed by atoms with Crippen molar-refractivity contribution in [1.82, 2.24) is 15.1 Å². The summed E-state index contributed by atoms with van der Waals surface area (Å²) in [4.78, 5) is 15.7. The first-order chi connectivity index (χ1) is 18.5. The van der Waals surface area contributed by atoms with E-state index in [9.17, 15) is 4.79 Å². The number of methoxy groups -OCH3 is 1. The van der Waals surface area contributed by atoms with E-state index in [2.05, 4.69) is 41.4 Å². The zero-order valence-corrected chi connectivity index (χ0v) is 22.3. The first-order valence-corrected chi connectivity index (χ1v) is 13.0. The second-order valence-electron chi connectivity index (χ2n) is 9.30. The zero-order chi connectivity index (χ0) is 26.6. The fourth-order valence-corrected chi connectivity index (χ4v) is 4.98. The minimum absolute atomic E-state index is 0.0591. The molecule has 7 heteroatoms. The summed E-state index contributed by atoms with van der Waals surface area (Å²) in [6, 6.07) is 21.8. The van der Waals surface area contributed by atoms with Gasteiger partial charge in [0.1, 0.15) is 11.4 Å². The molecule has 4 aromatic rings. The van der Waals surface area contributed by atoms with Gasteiger partial charge in [-0.05, 0) is 62.6 Å². The van der Waals surface area contributed by atoms with E-state index >= 15 is 0 Å². The van der Waals surface area contributed by atoms with E-state index in [-0.39, 0.29) is 11.9 Å².